The van der Waals surface area contributed by atoms with Crippen molar-refractivity contribution in [2.24, 2.45) is 5.92 Å². The molecule has 1 aromatic carbocycles. The summed E-state index contributed by atoms with van der Waals surface area (Å²) in [5, 5.41) is 0. The molecule has 1 amide bonds. The summed E-state index contributed by atoms with van der Waals surface area (Å²) in [7, 11) is 0. The lowest BCUT2D eigenvalue weighted by atomic mass is 9.86. The molecule has 144 valence electrons. The molecule has 0 radical (unpaired) electrons. The zero-order valence-electron chi connectivity index (χ0n) is 16.4. The highest BCUT2D eigenvalue weighted by Gasteiger charge is 2.25. The van der Waals surface area contributed by atoms with Crippen LogP contribution >= 0.6 is 0 Å². The Labute approximate surface area is 156 Å². The maximum atomic E-state index is 12.1. The molecular weight excluding hydrogens is 330 g/mol. The third-order valence-electron chi connectivity index (χ3n) is 4.74. The van der Waals surface area contributed by atoms with E-state index in [1.165, 1.54) is 5.56 Å². The third-order valence-corrected chi connectivity index (χ3v) is 4.74. The van der Waals surface area contributed by atoms with Gasteiger partial charge in [0.2, 0.25) is 5.91 Å². The number of nitrogens with zero attached hydrogens (tertiary/aromatic N) is 1. The van der Waals surface area contributed by atoms with Crippen LogP contribution in [-0.2, 0) is 19.7 Å². The molecule has 0 aromatic heterocycles. The molecule has 5 nitrogen and oxygen atoms in total. The molecule has 1 fully saturated rings. The Morgan fingerprint density at radius 1 is 1.15 bits per heavy atom. The van der Waals surface area contributed by atoms with Crippen molar-refractivity contribution < 1.29 is 19.1 Å². The van der Waals surface area contributed by atoms with Gasteiger partial charge in [0, 0.05) is 13.1 Å². The first kappa shape index (κ1) is 20.3. The van der Waals surface area contributed by atoms with Crippen LogP contribution in [0.25, 0.3) is 0 Å². The van der Waals surface area contributed by atoms with Crippen LogP contribution in [-0.4, -0.2) is 43.1 Å². The molecule has 1 aliphatic rings. The van der Waals surface area contributed by atoms with Gasteiger partial charge in [-0.15, -0.1) is 0 Å². The smallest absolute Gasteiger partial charge is 0.315 e. The number of hydrogen-bond acceptors (Lipinski definition) is 4. The molecule has 26 heavy (non-hydrogen) atoms. The number of hydrogen-bond donors (Lipinski definition) is 0. The normalized spacial score (nSPS) is 15.6. The lowest BCUT2D eigenvalue weighted by Crippen LogP contribution is -2.40. The molecule has 0 N–H and O–H groups in total. The van der Waals surface area contributed by atoms with E-state index in [9.17, 15) is 9.59 Å². The number of ether oxygens (including phenoxy) is 2. The molecular formula is C21H31NO4. The van der Waals surface area contributed by atoms with Gasteiger partial charge in [0.05, 0.1) is 13.2 Å². The number of carbonyl (C=O) groups excluding carboxylic acids is 2. The molecule has 2 rings (SSSR count). The standard InChI is InChI=1S/C21H31NO4/c1-5-25-20(24)14-19(23)22-12-10-16(11-13-22)15-26-18-9-7-6-8-17(18)21(2,3)4/h6-9,16H,5,10-15H2,1-4H3. The number of esters is 1. The zero-order valence-corrected chi connectivity index (χ0v) is 16.4. The fourth-order valence-corrected chi connectivity index (χ4v) is 3.22. The fraction of sp³-hybridized carbons (Fsp3) is 0.619. The average molecular weight is 361 g/mol. The van der Waals surface area contributed by atoms with Crippen LogP contribution in [0, 0.1) is 5.92 Å². The van der Waals surface area contributed by atoms with E-state index in [1.807, 2.05) is 18.2 Å². The van der Waals surface area contributed by atoms with Crippen molar-refractivity contribution in [2.45, 2.75) is 52.4 Å². The first-order chi connectivity index (χ1) is 12.3. The average Bonchev–Trinajstić information content (AvgIpc) is 2.60. The molecule has 1 saturated heterocycles. The minimum Gasteiger partial charge on any atom is -0.493 e. The van der Waals surface area contributed by atoms with Crippen LogP contribution in [0.5, 0.6) is 5.75 Å². The van der Waals surface area contributed by atoms with E-state index in [2.05, 4.69) is 26.8 Å². The second-order valence-corrected chi connectivity index (χ2v) is 7.86. The van der Waals surface area contributed by atoms with Crippen molar-refractivity contribution in [1.82, 2.24) is 4.90 Å². The van der Waals surface area contributed by atoms with Crippen LogP contribution in [0.15, 0.2) is 24.3 Å². The molecule has 1 aliphatic heterocycles. The largest absolute Gasteiger partial charge is 0.493 e. The summed E-state index contributed by atoms with van der Waals surface area (Å²) >= 11 is 0. The number of para-hydroxylation sites is 1. The van der Waals surface area contributed by atoms with E-state index < -0.39 is 5.97 Å². The van der Waals surface area contributed by atoms with Gasteiger partial charge in [-0.1, -0.05) is 39.0 Å². The summed E-state index contributed by atoms with van der Waals surface area (Å²) in [6.07, 6.45) is 1.63. The molecule has 1 heterocycles. The zero-order chi connectivity index (χ0) is 19.2. The van der Waals surface area contributed by atoms with Crippen molar-refractivity contribution in [1.29, 1.82) is 0 Å². The number of carbonyl (C=O) groups is 2. The Morgan fingerprint density at radius 2 is 1.81 bits per heavy atom. The van der Waals surface area contributed by atoms with Crippen molar-refractivity contribution in [2.75, 3.05) is 26.3 Å². The first-order valence-corrected chi connectivity index (χ1v) is 9.47. The highest BCUT2D eigenvalue weighted by Crippen LogP contribution is 2.31. The topological polar surface area (TPSA) is 55.8 Å². The minimum atomic E-state index is -0.443. The molecule has 0 atom stereocenters. The Kier molecular flexibility index (Phi) is 7.06. The Morgan fingerprint density at radius 3 is 2.42 bits per heavy atom. The summed E-state index contributed by atoms with van der Waals surface area (Å²) in [6, 6.07) is 8.19. The first-order valence-electron chi connectivity index (χ1n) is 9.47. The summed E-state index contributed by atoms with van der Waals surface area (Å²) in [4.78, 5) is 25.3. The molecule has 5 heteroatoms. The SMILES string of the molecule is CCOC(=O)CC(=O)N1CCC(COc2ccccc2C(C)(C)C)CC1. The monoisotopic (exact) mass is 361 g/mol. The van der Waals surface area contributed by atoms with Crippen LogP contribution < -0.4 is 4.74 Å². The van der Waals surface area contributed by atoms with E-state index in [4.69, 9.17) is 9.47 Å². The molecule has 0 spiro atoms. The Bertz CT molecular complexity index is 613. The number of piperidine rings is 1. The maximum absolute atomic E-state index is 12.1. The van der Waals surface area contributed by atoms with Gasteiger partial charge in [0.25, 0.3) is 0 Å². The van der Waals surface area contributed by atoms with E-state index in [-0.39, 0.29) is 17.7 Å². The van der Waals surface area contributed by atoms with Crippen LogP contribution in [0.3, 0.4) is 0 Å². The highest BCUT2D eigenvalue weighted by molar-refractivity contribution is 5.94. The highest BCUT2D eigenvalue weighted by atomic mass is 16.5. The molecule has 0 saturated carbocycles. The third kappa shape index (κ3) is 5.75. The van der Waals surface area contributed by atoms with E-state index in [0.717, 1.165) is 18.6 Å². The van der Waals surface area contributed by atoms with E-state index >= 15 is 0 Å². The maximum Gasteiger partial charge on any atom is 0.315 e. The van der Waals surface area contributed by atoms with E-state index in [0.29, 0.717) is 32.2 Å². The summed E-state index contributed by atoms with van der Waals surface area (Å²) in [5.74, 6) is 0.790. The van der Waals surface area contributed by atoms with Gasteiger partial charge in [-0.2, -0.15) is 0 Å². The minimum absolute atomic E-state index is 0.0411. The lowest BCUT2D eigenvalue weighted by Gasteiger charge is -2.32. The van der Waals surface area contributed by atoms with Crippen LogP contribution in [0.4, 0.5) is 0 Å². The van der Waals surface area contributed by atoms with Crippen molar-refractivity contribution in [3.05, 3.63) is 29.8 Å². The van der Waals surface area contributed by atoms with Crippen LogP contribution in [0.2, 0.25) is 0 Å². The van der Waals surface area contributed by atoms with Crippen molar-refractivity contribution in [3.8, 4) is 5.75 Å². The van der Waals surface area contributed by atoms with E-state index in [1.54, 1.807) is 11.8 Å². The molecule has 0 bridgehead atoms. The van der Waals surface area contributed by atoms with Gasteiger partial charge < -0.3 is 14.4 Å². The number of benzene rings is 1. The van der Waals surface area contributed by atoms with Crippen LogP contribution in [0.1, 0.15) is 52.5 Å². The summed E-state index contributed by atoms with van der Waals surface area (Å²) in [5.41, 5.74) is 1.25. The quantitative estimate of drug-likeness (QED) is 0.574. The second kappa shape index (κ2) is 9.06. The second-order valence-electron chi connectivity index (χ2n) is 7.86. The van der Waals surface area contributed by atoms with Gasteiger partial charge in [0.1, 0.15) is 12.2 Å². The van der Waals surface area contributed by atoms with Gasteiger partial charge in [-0.25, -0.2) is 0 Å². The summed E-state index contributed by atoms with van der Waals surface area (Å²) in [6.45, 7) is 10.6. The Hall–Kier alpha value is -2.04. The summed E-state index contributed by atoms with van der Waals surface area (Å²) < 4.78 is 11.0. The van der Waals surface area contributed by atoms with Gasteiger partial charge in [-0.3, -0.25) is 9.59 Å². The number of amides is 1. The number of rotatable bonds is 6. The molecule has 0 unspecified atom stereocenters. The van der Waals surface area contributed by atoms with Gasteiger partial charge in [-0.05, 0) is 42.7 Å². The molecule has 0 aliphatic carbocycles. The van der Waals surface area contributed by atoms with Crippen molar-refractivity contribution >= 4 is 11.9 Å². The fourth-order valence-electron chi connectivity index (χ4n) is 3.22. The lowest BCUT2D eigenvalue weighted by molar-refractivity contribution is -0.149. The predicted molar refractivity (Wildman–Crippen MR) is 101 cm³/mol. The van der Waals surface area contributed by atoms with Gasteiger partial charge >= 0.3 is 5.97 Å². The van der Waals surface area contributed by atoms with Gasteiger partial charge in [0.15, 0.2) is 0 Å². The Balaban J connectivity index is 1.81. The van der Waals surface area contributed by atoms with Crippen molar-refractivity contribution in [3.63, 3.8) is 0 Å². The molecule has 1 aromatic rings. The predicted octanol–water partition coefficient (Wildman–Crippen LogP) is 3.55. The number of likely N-dealkylation sites (tertiary alicyclic amines) is 1.